The van der Waals surface area contributed by atoms with Crippen LogP contribution < -0.4 is 16.7 Å². The highest BCUT2D eigenvalue weighted by atomic mass is 16.5. The number of rotatable bonds is 5. The number of hydrazine groups is 1. The Balaban J connectivity index is 3.44. The second-order valence-corrected chi connectivity index (χ2v) is 1.70. The fourth-order valence-electron chi connectivity index (χ4n) is 0.319. The zero-order valence-corrected chi connectivity index (χ0v) is 5.69. The summed E-state index contributed by atoms with van der Waals surface area (Å²) < 4.78 is 0. The van der Waals surface area contributed by atoms with Gasteiger partial charge in [0.25, 0.3) is 0 Å². The van der Waals surface area contributed by atoms with Gasteiger partial charge in [-0.1, -0.05) is 0 Å². The average molecular weight is 162 g/mol. The third-order valence-corrected chi connectivity index (χ3v) is 0.840. The summed E-state index contributed by atoms with van der Waals surface area (Å²) in [7, 11) is 0. The Morgan fingerprint density at radius 1 is 1.82 bits per heavy atom. The first kappa shape index (κ1) is 9.82. The van der Waals surface area contributed by atoms with Crippen molar-refractivity contribution in [3.05, 3.63) is 0 Å². The van der Waals surface area contributed by atoms with Gasteiger partial charge in [0.15, 0.2) is 0 Å². The Hall–Kier alpha value is -1.18. The molecule has 0 heterocycles. The van der Waals surface area contributed by atoms with Crippen LogP contribution in [0, 0.1) is 0 Å². The smallest absolute Gasteiger partial charge is 0.322 e. The highest BCUT2D eigenvalue weighted by Crippen LogP contribution is 1.77. The number of aliphatic carboxylic acids is 1. The lowest BCUT2D eigenvalue weighted by atomic mass is 10.3. The van der Waals surface area contributed by atoms with Crippen molar-refractivity contribution in [3.8, 4) is 0 Å². The molecule has 0 aromatic rings. The van der Waals surface area contributed by atoms with Crippen LogP contribution in [0.3, 0.4) is 0 Å². The van der Waals surface area contributed by atoms with Crippen LogP contribution in [0.5, 0.6) is 0 Å². The predicted octanol–water partition coefficient (Wildman–Crippen LogP) is -2.09. The highest BCUT2D eigenvalue weighted by molar-refractivity contribution is 5.73. The van der Waals surface area contributed by atoms with E-state index in [9.17, 15) is 4.79 Å². The molecule has 0 rings (SSSR count). The Kier molecular flexibility index (Phi) is 4.99. The monoisotopic (exact) mass is 162 g/mol. The van der Waals surface area contributed by atoms with Crippen LogP contribution in [0.25, 0.3) is 0 Å². The molecule has 1 atom stereocenters. The maximum absolute atomic E-state index is 10.1. The number of nitrogens with one attached hydrogen (secondary N) is 2. The number of carbonyl (C=O) groups is 1. The number of hydrogen-bond donors (Lipinski definition) is 5. The molecular weight excluding hydrogens is 152 g/mol. The van der Waals surface area contributed by atoms with Crippen molar-refractivity contribution in [1.29, 1.82) is 0 Å². The lowest BCUT2D eigenvalue weighted by Crippen LogP contribution is -2.34. The largest absolute Gasteiger partial charge is 0.480 e. The van der Waals surface area contributed by atoms with E-state index in [2.05, 4.69) is 10.4 Å². The quantitative estimate of drug-likeness (QED) is 0.179. The van der Waals surface area contributed by atoms with Gasteiger partial charge in [-0.05, 0) is 0 Å². The molecule has 0 aromatic heterocycles. The zero-order valence-electron chi connectivity index (χ0n) is 5.69. The second kappa shape index (κ2) is 5.59. The minimum Gasteiger partial charge on any atom is -0.480 e. The standard InChI is InChI=1S/C4H10N4O3/c5-3(4(9)10)1-6-2-7-8-11/h2-3,8,11H,1,5H2,(H,6,7)(H,9,10)/t3-/m0/s1. The van der Waals surface area contributed by atoms with Crippen LogP contribution in [0.4, 0.5) is 0 Å². The summed E-state index contributed by atoms with van der Waals surface area (Å²) in [5, 5.41) is 16.2. The lowest BCUT2D eigenvalue weighted by Gasteiger charge is -2.00. The number of hydrogen-bond acceptors (Lipinski definition) is 5. The number of aliphatic imine (C=N–C) groups is 1. The van der Waals surface area contributed by atoms with Crippen molar-refractivity contribution in [3.63, 3.8) is 0 Å². The molecule has 0 aromatic carbocycles. The van der Waals surface area contributed by atoms with E-state index in [-0.39, 0.29) is 6.54 Å². The first-order valence-corrected chi connectivity index (χ1v) is 2.79. The molecule has 0 aliphatic carbocycles. The third kappa shape index (κ3) is 5.27. The summed E-state index contributed by atoms with van der Waals surface area (Å²) in [5.74, 6) is -1.11. The van der Waals surface area contributed by atoms with Gasteiger partial charge in [-0.15, -0.1) is 5.59 Å². The van der Waals surface area contributed by atoms with Gasteiger partial charge in [-0.2, -0.15) is 0 Å². The number of nitrogens with zero attached hydrogens (tertiary/aromatic N) is 1. The highest BCUT2D eigenvalue weighted by Gasteiger charge is 2.08. The minimum absolute atomic E-state index is 0.0377. The summed E-state index contributed by atoms with van der Waals surface area (Å²) in [6.07, 6.45) is 1.10. The van der Waals surface area contributed by atoms with Gasteiger partial charge in [0.1, 0.15) is 6.04 Å². The van der Waals surface area contributed by atoms with Crippen molar-refractivity contribution >= 4 is 12.3 Å². The molecule has 0 aliphatic heterocycles. The Morgan fingerprint density at radius 2 is 2.45 bits per heavy atom. The molecular formula is C4H10N4O3. The molecule has 0 spiro atoms. The Labute approximate surface area is 62.8 Å². The summed E-state index contributed by atoms with van der Waals surface area (Å²) >= 11 is 0. The van der Waals surface area contributed by atoms with Crippen LogP contribution in [0.15, 0.2) is 4.99 Å². The maximum atomic E-state index is 10.1. The maximum Gasteiger partial charge on any atom is 0.322 e. The molecule has 0 aliphatic rings. The molecule has 7 heteroatoms. The van der Waals surface area contributed by atoms with Gasteiger partial charge < -0.3 is 10.8 Å². The van der Waals surface area contributed by atoms with E-state index in [0.29, 0.717) is 0 Å². The molecule has 0 radical (unpaired) electrons. The second-order valence-electron chi connectivity index (χ2n) is 1.70. The van der Waals surface area contributed by atoms with E-state index in [4.69, 9.17) is 16.0 Å². The van der Waals surface area contributed by atoms with E-state index in [1.807, 2.05) is 0 Å². The van der Waals surface area contributed by atoms with Gasteiger partial charge in [0, 0.05) is 0 Å². The molecule has 11 heavy (non-hydrogen) atoms. The number of nitrogens with two attached hydrogens (primary N) is 1. The summed E-state index contributed by atoms with van der Waals surface area (Å²) in [6.45, 7) is -0.0377. The molecule has 7 nitrogen and oxygen atoms in total. The van der Waals surface area contributed by atoms with Gasteiger partial charge in [0.2, 0.25) is 0 Å². The Bertz CT molecular complexity index is 148. The fraction of sp³-hybridized carbons (Fsp3) is 0.500. The van der Waals surface area contributed by atoms with Gasteiger partial charge >= 0.3 is 5.97 Å². The van der Waals surface area contributed by atoms with Crippen LogP contribution in [-0.4, -0.2) is 35.2 Å². The van der Waals surface area contributed by atoms with E-state index >= 15 is 0 Å². The van der Waals surface area contributed by atoms with Crippen molar-refractivity contribution in [2.45, 2.75) is 6.04 Å². The van der Waals surface area contributed by atoms with Crippen molar-refractivity contribution in [2.24, 2.45) is 10.7 Å². The summed E-state index contributed by atoms with van der Waals surface area (Å²) in [6, 6.07) is -1.01. The molecule has 64 valence electrons. The molecule has 0 saturated heterocycles. The third-order valence-electron chi connectivity index (χ3n) is 0.840. The van der Waals surface area contributed by atoms with Gasteiger partial charge in [0.05, 0.1) is 12.9 Å². The molecule has 0 bridgehead atoms. The average Bonchev–Trinajstić information content (AvgIpc) is 1.97. The van der Waals surface area contributed by atoms with Gasteiger partial charge in [-0.25, -0.2) is 0 Å². The van der Waals surface area contributed by atoms with Crippen LogP contribution in [0.1, 0.15) is 0 Å². The summed E-state index contributed by atoms with van der Waals surface area (Å²) in [4.78, 5) is 13.6. The van der Waals surface area contributed by atoms with Crippen LogP contribution >= 0.6 is 0 Å². The predicted molar refractivity (Wildman–Crippen MR) is 37.0 cm³/mol. The molecule has 0 amide bonds. The number of carboxylic acid groups (broad SMARTS) is 1. The zero-order chi connectivity index (χ0) is 8.69. The summed E-state index contributed by atoms with van der Waals surface area (Å²) in [5.41, 5.74) is 8.77. The van der Waals surface area contributed by atoms with Crippen molar-refractivity contribution in [1.82, 2.24) is 11.0 Å². The molecule has 6 N–H and O–H groups in total. The molecule has 0 saturated carbocycles. The van der Waals surface area contributed by atoms with Crippen LogP contribution in [-0.2, 0) is 4.79 Å². The van der Waals surface area contributed by atoms with E-state index in [1.165, 1.54) is 0 Å². The SMILES string of the molecule is N[C@@H](CN=CNNO)C(=O)O. The van der Waals surface area contributed by atoms with E-state index in [0.717, 1.165) is 6.34 Å². The Morgan fingerprint density at radius 3 is 2.91 bits per heavy atom. The van der Waals surface area contributed by atoms with E-state index < -0.39 is 12.0 Å². The van der Waals surface area contributed by atoms with Crippen molar-refractivity contribution in [2.75, 3.05) is 6.54 Å². The van der Waals surface area contributed by atoms with Crippen molar-refractivity contribution < 1.29 is 15.1 Å². The topological polar surface area (TPSA) is 120 Å². The van der Waals surface area contributed by atoms with E-state index in [1.54, 1.807) is 5.59 Å². The molecule has 0 fully saturated rings. The lowest BCUT2D eigenvalue weighted by molar-refractivity contribution is -0.138. The van der Waals surface area contributed by atoms with Gasteiger partial charge in [-0.3, -0.25) is 20.4 Å². The number of carboxylic acids is 1. The first-order valence-electron chi connectivity index (χ1n) is 2.79. The van der Waals surface area contributed by atoms with Crippen LogP contribution in [0.2, 0.25) is 0 Å². The fourth-order valence-corrected chi connectivity index (χ4v) is 0.319. The normalized spacial score (nSPS) is 13.3. The first-order chi connectivity index (χ1) is 5.18. The molecule has 0 unspecified atom stereocenters. The minimum atomic E-state index is -1.11.